The lowest BCUT2D eigenvalue weighted by Crippen LogP contribution is -2.29. The van der Waals surface area contributed by atoms with E-state index in [0.717, 1.165) is 4.90 Å². The number of ether oxygens (including phenoxy) is 1. The van der Waals surface area contributed by atoms with Gasteiger partial charge in [0, 0.05) is 17.2 Å². The van der Waals surface area contributed by atoms with Crippen LogP contribution in [0.1, 0.15) is 0 Å². The van der Waals surface area contributed by atoms with Gasteiger partial charge in [-0.05, 0) is 42.5 Å². The Labute approximate surface area is 136 Å². The molecule has 0 spiro atoms. The fourth-order valence-corrected chi connectivity index (χ4v) is 2.45. The molecular weight excluding hydrogens is 325 g/mol. The minimum Gasteiger partial charge on any atom is -0.456 e. The average molecular weight is 334 g/mol. The van der Waals surface area contributed by atoms with Crippen molar-refractivity contribution in [2.75, 3.05) is 4.90 Å². The summed E-state index contributed by atoms with van der Waals surface area (Å²) in [6.07, 6.45) is 2.47. The van der Waals surface area contributed by atoms with Crippen molar-refractivity contribution in [3.05, 3.63) is 64.7 Å². The van der Waals surface area contributed by atoms with Crippen LogP contribution >= 0.6 is 23.2 Å². The maximum Gasteiger partial charge on any atom is 0.258 e. The first-order chi connectivity index (χ1) is 10.5. The Balaban J connectivity index is 1.80. The molecule has 0 atom stereocenters. The number of halogens is 2. The monoisotopic (exact) mass is 333 g/mol. The number of carbonyl (C=O) groups is 2. The summed E-state index contributed by atoms with van der Waals surface area (Å²) in [5.74, 6) is 0.271. The van der Waals surface area contributed by atoms with Gasteiger partial charge in [-0.2, -0.15) is 0 Å². The van der Waals surface area contributed by atoms with Gasteiger partial charge >= 0.3 is 0 Å². The minimum atomic E-state index is -0.362. The molecule has 2 aromatic rings. The molecule has 1 heterocycles. The van der Waals surface area contributed by atoms with Gasteiger partial charge in [-0.1, -0.05) is 23.2 Å². The fourth-order valence-electron chi connectivity index (χ4n) is 2.00. The molecule has 0 N–H and O–H groups in total. The largest absolute Gasteiger partial charge is 0.456 e. The predicted octanol–water partition coefficient (Wildman–Crippen LogP) is 4.22. The molecule has 0 fully saturated rings. The second-order valence-corrected chi connectivity index (χ2v) is 5.36. The highest BCUT2D eigenvalue weighted by molar-refractivity contribution is 6.35. The number of hydrogen-bond donors (Lipinski definition) is 0. The lowest BCUT2D eigenvalue weighted by atomic mass is 10.2. The number of carbonyl (C=O) groups excluding carboxylic acids is 2. The molecule has 0 saturated heterocycles. The Kier molecular flexibility index (Phi) is 3.88. The molecule has 1 aliphatic heterocycles. The Hall–Kier alpha value is -2.30. The highest BCUT2D eigenvalue weighted by Gasteiger charge is 2.24. The van der Waals surface area contributed by atoms with Gasteiger partial charge in [0.15, 0.2) is 0 Å². The van der Waals surface area contributed by atoms with Crippen molar-refractivity contribution in [2.24, 2.45) is 0 Å². The van der Waals surface area contributed by atoms with Gasteiger partial charge in [0.1, 0.15) is 11.5 Å². The van der Waals surface area contributed by atoms with Gasteiger partial charge < -0.3 is 4.74 Å². The summed E-state index contributed by atoms with van der Waals surface area (Å²) >= 11 is 11.9. The molecule has 0 saturated carbocycles. The number of hydrogen-bond acceptors (Lipinski definition) is 3. The third kappa shape index (κ3) is 2.84. The number of imide groups is 1. The molecule has 2 aromatic carbocycles. The molecule has 4 nitrogen and oxygen atoms in total. The van der Waals surface area contributed by atoms with Gasteiger partial charge in [0.2, 0.25) is 0 Å². The normalized spacial score (nSPS) is 13.8. The summed E-state index contributed by atoms with van der Waals surface area (Å²) in [4.78, 5) is 24.3. The molecule has 0 radical (unpaired) electrons. The standard InChI is InChI=1S/C16H9Cl2NO3/c17-10-1-6-14(13(18)9-10)22-12-4-2-11(3-5-12)19-15(20)7-8-16(19)21/h1-9H. The minimum absolute atomic E-state index is 0.362. The number of anilines is 1. The summed E-state index contributed by atoms with van der Waals surface area (Å²) in [6, 6.07) is 11.5. The topological polar surface area (TPSA) is 46.6 Å². The second kappa shape index (κ2) is 5.83. The Morgan fingerprint density at radius 3 is 2.09 bits per heavy atom. The van der Waals surface area contributed by atoms with Crippen LogP contribution in [0.15, 0.2) is 54.6 Å². The molecule has 0 unspecified atom stereocenters. The van der Waals surface area contributed by atoms with Crippen LogP contribution in [0, 0.1) is 0 Å². The lowest BCUT2D eigenvalue weighted by molar-refractivity contribution is -0.119. The molecule has 6 heteroatoms. The molecule has 3 rings (SSSR count). The van der Waals surface area contributed by atoms with E-state index in [2.05, 4.69) is 0 Å². The molecule has 0 aromatic heterocycles. The van der Waals surface area contributed by atoms with Crippen LogP contribution in [0.3, 0.4) is 0 Å². The SMILES string of the molecule is O=C1C=CC(=O)N1c1ccc(Oc2ccc(Cl)cc2Cl)cc1. The van der Waals surface area contributed by atoms with Gasteiger partial charge in [-0.15, -0.1) is 0 Å². The zero-order valence-corrected chi connectivity index (χ0v) is 12.6. The summed E-state index contributed by atoms with van der Waals surface area (Å²) < 4.78 is 5.64. The van der Waals surface area contributed by atoms with Gasteiger partial charge in [0.05, 0.1) is 10.7 Å². The van der Waals surface area contributed by atoms with Gasteiger partial charge in [-0.3, -0.25) is 9.59 Å². The highest BCUT2D eigenvalue weighted by Crippen LogP contribution is 2.32. The zero-order chi connectivity index (χ0) is 15.7. The molecule has 110 valence electrons. The van der Waals surface area contributed by atoms with Gasteiger partial charge in [0.25, 0.3) is 11.8 Å². The highest BCUT2D eigenvalue weighted by atomic mass is 35.5. The third-order valence-corrected chi connectivity index (χ3v) is 3.56. The van der Waals surface area contributed by atoms with E-state index >= 15 is 0 Å². The molecule has 1 aliphatic rings. The maximum atomic E-state index is 11.6. The Bertz CT molecular complexity index is 766. The van der Waals surface area contributed by atoms with E-state index in [4.69, 9.17) is 27.9 Å². The van der Waals surface area contributed by atoms with Crippen molar-refractivity contribution in [3.8, 4) is 11.5 Å². The fraction of sp³-hybridized carbons (Fsp3) is 0. The first-order valence-electron chi connectivity index (χ1n) is 6.34. The molecular formula is C16H9Cl2NO3. The number of nitrogens with zero attached hydrogens (tertiary/aromatic N) is 1. The first-order valence-corrected chi connectivity index (χ1v) is 7.09. The van der Waals surface area contributed by atoms with Crippen molar-refractivity contribution >= 4 is 40.7 Å². The summed E-state index contributed by atoms with van der Waals surface area (Å²) in [5, 5.41) is 0.914. The van der Waals surface area contributed by atoms with Crippen LogP contribution in [0.5, 0.6) is 11.5 Å². The van der Waals surface area contributed by atoms with Crippen molar-refractivity contribution in [1.82, 2.24) is 0 Å². The van der Waals surface area contributed by atoms with Crippen molar-refractivity contribution in [3.63, 3.8) is 0 Å². The van der Waals surface area contributed by atoms with Crippen LogP contribution in [0.4, 0.5) is 5.69 Å². The quantitative estimate of drug-likeness (QED) is 0.790. The van der Waals surface area contributed by atoms with E-state index in [1.807, 2.05) is 0 Å². The van der Waals surface area contributed by atoms with Crippen molar-refractivity contribution < 1.29 is 14.3 Å². The van der Waals surface area contributed by atoms with E-state index in [9.17, 15) is 9.59 Å². The summed E-state index contributed by atoms with van der Waals surface area (Å²) in [5.41, 5.74) is 0.481. The molecule has 22 heavy (non-hydrogen) atoms. The van der Waals surface area contributed by atoms with Crippen LogP contribution in [-0.4, -0.2) is 11.8 Å². The number of amides is 2. The number of rotatable bonds is 3. The number of benzene rings is 2. The van der Waals surface area contributed by atoms with Crippen LogP contribution in [0.25, 0.3) is 0 Å². The van der Waals surface area contributed by atoms with Gasteiger partial charge in [-0.25, -0.2) is 4.90 Å². The van der Waals surface area contributed by atoms with E-state index in [1.165, 1.54) is 12.2 Å². The Morgan fingerprint density at radius 1 is 0.864 bits per heavy atom. The summed E-state index contributed by atoms with van der Waals surface area (Å²) in [7, 11) is 0. The van der Waals surface area contributed by atoms with Crippen LogP contribution < -0.4 is 9.64 Å². The predicted molar refractivity (Wildman–Crippen MR) is 84.6 cm³/mol. The van der Waals surface area contributed by atoms with Crippen LogP contribution in [0.2, 0.25) is 10.0 Å². The van der Waals surface area contributed by atoms with E-state index in [0.29, 0.717) is 27.2 Å². The maximum absolute atomic E-state index is 11.6. The third-order valence-electron chi connectivity index (χ3n) is 3.03. The van der Waals surface area contributed by atoms with E-state index in [-0.39, 0.29) is 11.8 Å². The van der Waals surface area contributed by atoms with Crippen molar-refractivity contribution in [1.29, 1.82) is 0 Å². The Morgan fingerprint density at radius 2 is 1.50 bits per heavy atom. The summed E-state index contributed by atoms with van der Waals surface area (Å²) in [6.45, 7) is 0. The van der Waals surface area contributed by atoms with E-state index < -0.39 is 0 Å². The zero-order valence-electron chi connectivity index (χ0n) is 11.1. The second-order valence-electron chi connectivity index (χ2n) is 4.52. The molecule has 0 aliphatic carbocycles. The first kappa shape index (κ1) is 14.6. The van der Waals surface area contributed by atoms with Crippen LogP contribution in [-0.2, 0) is 9.59 Å². The lowest BCUT2D eigenvalue weighted by Gasteiger charge is -2.14. The average Bonchev–Trinajstić information content (AvgIpc) is 2.82. The van der Waals surface area contributed by atoms with E-state index in [1.54, 1.807) is 42.5 Å². The molecule has 0 bridgehead atoms. The smallest absolute Gasteiger partial charge is 0.258 e. The van der Waals surface area contributed by atoms with Crippen molar-refractivity contribution in [2.45, 2.75) is 0 Å². The molecule has 2 amide bonds.